The van der Waals surface area contributed by atoms with Gasteiger partial charge in [-0.1, -0.05) is 11.2 Å². The van der Waals surface area contributed by atoms with E-state index in [1.807, 2.05) is 18.2 Å². The van der Waals surface area contributed by atoms with Crippen molar-refractivity contribution in [1.82, 2.24) is 5.32 Å². The summed E-state index contributed by atoms with van der Waals surface area (Å²) in [6, 6.07) is 5.77. The van der Waals surface area contributed by atoms with Crippen molar-refractivity contribution >= 4 is 5.84 Å². The molecular formula is C14H23N3O3. The highest BCUT2D eigenvalue weighted by atomic mass is 16.5. The van der Waals surface area contributed by atoms with Crippen LogP contribution in [0.5, 0.6) is 11.5 Å². The van der Waals surface area contributed by atoms with E-state index >= 15 is 0 Å². The Kier molecular flexibility index (Phi) is 7.27. The molecule has 0 unspecified atom stereocenters. The zero-order valence-corrected chi connectivity index (χ0v) is 12.1. The highest BCUT2D eigenvalue weighted by Crippen LogP contribution is 2.24. The molecule has 0 heterocycles. The van der Waals surface area contributed by atoms with Gasteiger partial charge in [-0.2, -0.15) is 0 Å². The second kappa shape index (κ2) is 9.03. The maximum absolute atomic E-state index is 8.41. The number of ether oxygens (including phenoxy) is 2. The van der Waals surface area contributed by atoms with E-state index in [4.69, 9.17) is 20.4 Å². The van der Waals surface area contributed by atoms with Gasteiger partial charge in [-0.05, 0) is 25.5 Å². The molecule has 0 bridgehead atoms. The van der Waals surface area contributed by atoms with Crippen LogP contribution in [-0.4, -0.2) is 31.8 Å². The monoisotopic (exact) mass is 281 g/mol. The van der Waals surface area contributed by atoms with Crippen molar-refractivity contribution in [1.29, 1.82) is 0 Å². The molecule has 0 atom stereocenters. The fraction of sp³-hybridized carbons (Fsp3) is 0.500. The van der Waals surface area contributed by atoms with Crippen LogP contribution < -0.4 is 20.5 Å². The number of oxime groups is 1. The van der Waals surface area contributed by atoms with Gasteiger partial charge in [0.2, 0.25) is 0 Å². The van der Waals surface area contributed by atoms with Crippen LogP contribution in [0.3, 0.4) is 0 Å². The van der Waals surface area contributed by atoms with Crippen LogP contribution in [0.25, 0.3) is 0 Å². The van der Waals surface area contributed by atoms with E-state index in [0.717, 1.165) is 43.0 Å². The van der Waals surface area contributed by atoms with Crippen molar-refractivity contribution in [2.75, 3.05) is 20.8 Å². The van der Waals surface area contributed by atoms with Crippen molar-refractivity contribution in [3.8, 4) is 11.5 Å². The standard InChI is InChI=1S/C14H23N3O3/c1-19-12-7-6-11(13(9-12)20-2)10-16-8-4-3-5-14(15)17-18/h6-7,9,16,18H,3-5,8,10H2,1-2H3,(H2,15,17). The summed E-state index contributed by atoms with van der Waals surface area (Å²) in [5, 5.41) is 14.7. The molecule has 0 aliphatic carbocycles. The smallest absolute Gasteiger partial charge is 0.139 e. The minimum absolute atomic E-state index is 0.279. The molecule has 0 fully saturated rings. The summed E-state index contributed by atoms with van der Waals surface area (Å²) >= 11 is 0. The van der Waals surface area contributed by atoms with Gasteiger partial charge in [-0.3, -0.25) is 0 Å². The van der Waals surface area contributed by atoms with Crippen LogP contribution in [0.1, 0.15) is 24.8 Å². The van der Waals surface area contributed by atoms with Crippen molar-refractivity contribution in [2.45, 2.75) is 25.8 Å². The first-order valence-corrected chi connectivity index (χ1v) is 6.59. The summed E-state index contributed by atoms with van der Waals surface area (Å²) in [5.41, 5.74) is 6.48. The highest BCUT2D eigenvalue weighted by Gasteiger charge is 2.04. The molecular weight excluding hydrogens is 258 g/mol. The first kappa shape index (κ1) is 16.1. The lowest BCUT2D eigenvalue weighted by atomic mass is 10.2. The van der Waals surface area contributed by atoms with Gasteiger partial charge in [0.05, 0.1) is 14.2 Å². The summed E-state index contributed by atoms with van der Waals surface area (Å²) in [7, 11) is 3.28. The second-order valence-electron chi connectivity index (χ2n) is 4.40. The molecule has 1 aromatic rings. The molecule has 6 nitrogen and oxygen atoms in total. The lowest BCUT2D eigenvalue weighted by Crippen LogP contribution is -2.16. The third-order valence-corrected chi connectivity index (χ3v) is 2.97. The van der Waals surface area contributed by atoms with Crippen molar-refractivity contribution < 1.29 is 14.7 Å². The molecule has 0 aliphatic rings. The number of nitrogens with one attached hydrogen (secondary N) is 1. The summed E-state index contributed by atoms with van der Waals surface area (Å²) < 4.78 is 10.5. The molecule has 0 amide bonds. The van der Waals surface area contributed by atoms with Gasteiger partial charge < -0.3 is 25.7 Å². The zero-order chi connectivity index (χ0) is 14.8. The molecule has 0 aromatic heterocycles. The average Bonchev–Trinajstić information content (AvgIpc) is 2.50. The fourth-order valence-electron chi connectivity index (χ4n) is 1.83. The zero-order valence-electron chi connectivity index (χ0n) is 12.1. The molecule has 1 aromatic carbocycles. The van der Waals surface area contributed by atoms with E-state index in [9.17, 15) is 0 Å². The van der Waals surface area contributed by atoms with E-state index in [-0.39, 0.29) is 5.84 Å². The number of nitrogens with two attached hydrogens (primary N) is 1. The Balaban J connectivity index is 2.31. The minimum atomic E-state index is 0.279. The summed E-state index contributed by atoms with van der Waals surface area (Å²) in [6.45, 7) is 1.60. The molecule has 0 aliphatic heterocycles. The lowest BCUT2D eigenvalue weighted by molar-refractivity contribution is 0.316. The predicted octanol–water partition coefficient (Wildman–Crippen LogP) is 1.71. The van der Waals surface area contributed by atoms with E-state index in [2.05, 4.69) is 10.5 Å². The number of hydrogen-bond acceptors (Lipinski definition) is 5. The van der Waals surface area contributed by atoms with Crippen LogP contribution in [0.2, 0.25) is 0 Å². The number of methoxy groups -OCH3 is 2. The quantitative estimate of drug-likeness (QED) is 0.211. The van der Waals surface area contributed by atoms with Crippen molar-refractivity contribution in [2.24, 2.45) is 10.9 Å². The molecule has 0 saturated carbocycles. The summed E-state index contributed by atoms with van der Waals surface area (Å²) in [6.07, 6.45) is 2.47. The SMILES string of the molecule is COc1ccc(CNCCCCC(N)=NO)c(OC)c1. The molecule has 4 N–H and O–H groups in total. The van der Waals surface area contributed by atoms with E-state index in [0.29, 0.717) is 6.42 Å². The molecule has 1 rings (SSSR count). The van der Waals surface area contributed by atoms with Crippen LogP contribution in [-0.2, 0) is 6.54 Å². The topological polar surface area (TPSA) is 89.1 Å². The maximum Gasteiger partial charge on any atom is 0.139 e. The van der Waals surface area contributed by atoms with Gasteiger partial charge in [0.15, 0.2) is 0 Å². The molecule has 0 spiro atoms. The highest BCUT2D eigenvalue weighted by molar-refractivity contribution is 5.79. The van der Waals surface area contributed by atoms with Gasteiger partial charge in [-0.15, -0.1) is 0 Å². The van der Waals surface area contributed by atoms with Crippen LogP contribution in [0.15, 0.2) is 23.4 Å². The summed E-state index contributed by atoms with van der Waals surface area (Å²) in [5.74, 6) is 1.87. The third kappa shape index (κ3) is 5.36. The lowest BCUT2D eigenvalue weighted by Gasteiger charge is -2.11. The van der Waals surface area contributed by atoms with Crippen molar-refractivity contribution in [3.63, 3.8) is 0 Å². The largest absolute Gasteiger partial charge is 0.497 e. The predicted molar refractivity (Wildman–Crippen MR) is 78.5 cm³/mol. The second-order valence-corrected chi connectivity index (χ2v) is 4.40. The van der Waals surface area contributed by atoms with Gasteiger partial charge >= 0.3 is 0 Å². The number of rotatable bonds is 9. The van der Waals surface area contributed by atoms with Crippen molar-refractivity contribution in [3.05, 3.63) is 23.8 Å². The van der Waals surface area contributed by atoms with Gasteiger partial charge in [-0.25, -0.2) is 0 Å². The first-order valence-electron chi connectivity index (χ1n) is 6.59. The normalized spacial score (nSPS) is 11.4. The van der Waals surface area contributed by atoms with Gasteiger partial charge in [0.25, 0.3) is 0 Å². The molecule has 0 radical (unpaired) electrons. The Bertz CT molecular complexity index is 436. The molecule has 112 valence electrons. The van der Waals surface area contributed by atoms with Crippen LogP contribution >= 0.6 is 0 Å². The Labute approximate surface area is 119 Å². The minimum Gasteiger partial charge on any atom is -0.497 e. The van der Waals surface area contributed by atoms with Gasteiger partial charge in [0.1, 0.15) is 17.3 Å². The molecule has 0 saturated heterocycles. The van der Waals surface area contributed by atoms with Crippen LogP contribution in [0.4, 0.5) is 0 Å². The molecule has 6 heteroatoms. The number of amidine groups is 1. The Morgan fingerprint density at radius 2 is 2.10 bits per heavy atom. The fourth-order valence-corrected chi connectivity index (χ4v) is 1.83. The maximum atomic E-state index is 8.41. The Morgan fingerprint density at radius 3 is 2.75 bits per heavy atom. The van der Waals surface area contributed by atoms with Crippen LogP contribution in [0, 0.1) is 0 Å². The van der Waals surface area contributed by atoms with E-state index < -0.39 is 0 Å². The number of hydrogen-bond donors (Lipinski definition) is 3. The Hall–Kier alpha value is -1.95. The van der Waals surface area contributed by atoms with Gasteiger partial charge in [0, 0.05) is 24.6 Å². The Morgan fingerprint density at radius 1 is 1.30 bits per heavy atom. The summed E-state index contributed by atoms with van der Waals surface area (Å²) in [4.78, 5) is 0. The number of unbranched alkanes of at least 4 members (excludes halogenated alkanes) is 1. The first-order chi connectivity index (χ1) is 9.71. The van der Waals surface area contributed by atoms with E-state index in [1.54, 1.807) is 14.2 Å². The average molecular weight is 281 g/mol. The third-order valence-electron chi connectivity index (χ3n) is 2.97. The number of nitrogens with zero attached hydrogens (tertiary/aromatic N) is 1. The molecule has 20 heavy (non-hydrogen) atoms. The number of benzene rings is 1. The van der Waals surface area contributed by atoms with E-state index in [1.165, 1.54) is 0 Å².